The van der Waals surface area contributed by atoms with Crippen molar-refractivity contribution in [2.45, 2.75) is 19.4 Å². The highest BCUT2D eigenvalue weighted by Crippen LogP contribution is 2.28. The van der Waals surface area contributed by atoms with Crippen LogP contribution >= 0.6 is 11.3 Å². The van der Waals surface area contributed by atoms with Gasteiger partial charge in [-0.15, -0.1) is 11.3 Å². The number of rotatable bonds is 4. The molecule has 22 heavy (non-hydrogen) atoms. The molecule has 0 aliphatic carbocycles. The number of carboxylic acids is 1. The van der Waals surface area contributed by atoms with E-state index in [1.165, 1.54) is 11.3 Å². The SMILES string of the molecule is Cc1ncsc1C(=O)N[C@@H](C(=O)O)c1ccc2c(c1)CCO2. The first-order chi connectivity index (χ1) is 10.6. The van der Waals surface area contributed by atoms with Crippen LogP contribution in [-0.4, -0.2) is 28.6 Å². The predicted molar refractivity (Wildman–Crippen MR) is 80.3 cm³/mol. The molecule has 1 aliphatic heterocycles. The number of fused-ring (bicyclic) bond motifs is 1. The Morgan fingerprint density at radius 1 is 1.45 bits per heavy atom. The van der Waals surface area contributed by atoms with E-state index in [1.54, 1.807) is 30.6 Å². The summed E-state index contributed by atoms with van der Waals surface area (Å²) >= 11 is 1.19. The number of carbonyl (C=O) groups is 2. The summed E-state index contributed by atoms with van der Waals surface area (Å²) in [5.41, 5.74) is 3.65. The van der Waals surface area contributed by atoms with Gasteiger partial charge in [0, 0.05) is 6.42 Å². The molecule has 0 unspecified atom stereocenters. The van der Waals surface area contributed by atoms with Crippen LogP contribution in [0, 0.1) is 6.92 Å². The van der Waals surface area contributed by atoms with E-state index in [0.717, 1.165) is 17.7 Å². The smallest absolute Gasteiger partial charge is 0.330 e. The predicted octanol–water partition coefficient (Wildman–Crippen LogP) is 1.94. The molecule has 1 atom stereocenters. The van der Waals surface area contributed by atoms with Crippen molar-refractivity contribution >= 4 is 23.2 Å². The number of nitrogens with zero attached hydrogens (tertiary/aromatic N) is 1. The Labute approximate surface area is 130 Å². The molecule has 1 aromatic heterocycles. The van der Waals surface area contributed by atoms with Crippen LogP contribution in [0.3, 0.4) is 0 Å². The Hall–Kier alpha value is -2.41. The van der Waals surface area contributed by atoms with Gasteiger partial charge >= 0.3 is 5.97 Å². The van der Waals surface area contributed by atoms with Crippen molar-refractivity contribution < 1.29 is 19.4 Å². The van der Waals surface area contributed by atoms with Crippen molar-refractivity contribution in [3.8, 4) is 5.75 Å². The molecule has 1 aliphatic rings. The third-order valence-electron chi connectivity index (χ3n) is 3.52. The van der Waals surface area contributed by atoms with Crippen molar-refractivity contribution in [1.82, 2.24) is 10.3 Å². The maximum absolute atomic E-state index is 12.2. The van der Waals surface area contributed by atoms with E-state index in [0.29, 0.717) is 22.7 Å². The van der Waals surface area contributed by atoms with E-state index in [9.17, 15) is 14.7 Å². The van der Waals surface area contributed by atoms with Crippen molar-refractivity contribution in [1.29, 1.82) is 0 Å². The van der Waals surface area contributed by atoms with E-state index >= 15 is 0 Å². The van der Waals surface area contributed by atoms with Crippen LogP contribution in [0.2, 0.25) is 0 Å². The van der Waals surface area contributed by atoms with Crippen LogP contribution in [0.4, 0.5) is 0 Å². The first-order valence-electron chi connectivity index (χ1n) is 6.75. The quantitative estimate of drug-likeness (QED) is 0.899. The zero-order valence-electron chi connectivity index (χ0n) is 11.8. The van der Waals surface area contributed by atoms with Gasteiger partial charge in [-0.3, -0.25) is 4.79 Å². The van der Waals surface area contributed by atoms with Gasteiger partial charge in [-0.2, -0.15) is 0 Å². The van der Waals surface area contributed by atoms with Crippen LogP contribution in [-0.2, 0) is 11.2 Å². The van der Waals surface area contributed by atoms with Gasteiger partial charge in [-0.1, -0.05) is 6.07 Å². The van der Waals surface area contributed by atoms with Gasteiger partial charge in [0.1, 0.15) is 10.6 Å². The van der Waals surface area contributed by atoms with E-state index < -0.39 is 17.9 Å². The second-order valence-electron chi connectivity index (χ2n) is 4.98. The standard InChI is InChI=1S/C15H14N2O4S/c1-8-13(22-7-16-8)14(18)17-12(15(19)20)10-2-3-11-9(6-10)4-5-21-11/h2-3,6-7,12H,4-5H2,1H3,(H,17,18)(H,19,20)/t12-/m1/s1. The molecule has 2 heterocycles. The number of carbonyl (C=O) groups excluding carboxylic acids is 1. The van der Waals surface area contributed by atoms with Crippen molar-refractivity contribution in [2.75, 3.05) is 6.61 Å². The number of ether oxygens (including phenoxy) is 1. The summed E-state index contributed by atoms with van der Waals surface area (Å²) in [7, 11) is 0. The highest BCUT2D eigenvalue weighted by atomic mass is 32.1. The lowest BCUT2D eigenvalue weighted by molar-refractivity contribution is -0.139. The van der Waals surface area contributed by atoms with Gasteiger partial charge in [0.2, 0.25) is 0 Å². The summed E-state index contributed by atoms with van der Waals surface area (Å²) in [4.78, 5) is 28.2. The van der Waals surface area contributed by atoms with Gasteiger partial charge in [0.05, 0.1) is 17.8 Å². The minimum Gasteiger partial charge on any atom is -0.493 e. The molecule has 3 rings (SSSR count). The summed E-state index contributed by atoms with van der Waals surface area (Å²) in [6.45, 7) is 2.32. The number of amides is 1. The zero-order valence-corrected chi connectivity index (χ0v) is 12.6. The molecule has 114 valence electrons. The van der Waals surface area contributed by atoms with Gasteiger partial charge in [0.15, 0.2) is 6.04 Å². The average Bonchev–Trinajstić information content (AvgIpc) is 3.11. The van der Waals surface area contributed by atoms with E-state index in [4.69, 9.17) is 4.74 Å². The Morgan fingerprint density at radius 2 is 2.27 bits per heavy atom. The Bertz CT molecular complexity index is 741. The van der Waals surface area contributed by atoms with Crippen molar-refractivity contribution in [3.63, 3.8) is 0 Å². The summed E-state index contributed by atoms with van der Waals surface area (Å²) in [6, 6.07) is 4.10. The molecular weight excluding hydrogens is 304 g/mol. The molecule has 0 saturated heterocycles. The Kier molecular flexibility index (Phi) is 3.81. The lowest BCUT2D eigenvalue weighted by Gasteiger charge is -2.15. The number of nitrogens with one attached hydrogen (secondary N) is 1. The summed E-state index contributed by atoms with van der Waals surface area (Å²) in [5, 5.41) is 12.0. The molecular formula is C15H14N2O4S. The molecule has 0 saturated carbocycles. The molecule has 2 aromatic rings. The van der Waals surface area contributed by atoms with Crippen LogP contribution in [0.1, 0.15) is 32.5 Å². The molecule has 0 fully saturated rings. The lowest BCUT2D eigenvalue weighted by Crippen LogP contribution is -2.33. The highest BCUT2D eigenvalue weighted by molar-refractivity contribution is 7.11. The number of aryl methyl sites for hydroxylation is 1. The molecule has 2 N–H and O–H groups in total. The zero-order chi connectivity index (χ0) is 15.7. The number of carboxylic acid groups (broad SMARTS) is 1. The summed E-state index contributed by atoms with van der Waals surface area (Å²) in [6.07, 6.45) is 0.747. The maximum Gasteiger partial charge on any atom is 0.330 e. The number of aliphatic carboxylic acids is 1. The van der Waals surface area contributed by atoms with Crippen LogP contribution in [0.5, 0.6) is 5.75 Å². The van der Waals surface area contributed by atoms with Gasteiger partial charge < -0.3 is 15.2 Å². The monoisotopic (exact) mass is 318 g/mol. The first-order valence-corrected chi connectivity index (χ1v) is 7.63. The van der Waals surface area contributed by atoms with Gasteiger partial charge in [-0.25, -0.2) is 9.78 Å². The number of aromatic nitrogens is 1. The van der Waals surface area contributed by atoms with Crippen LogP contribution in [0.15, 0.2) is 23.7 Å². The fraction of sp³-hybridized carbons (Fsp3) is 0.267. The van der Waals surface area contributed by atoms with Crippen LogP contribution in [0.25, 0.3) is 0 Å². The maximum atomic E-state index is 12.2. The summed E-state index contributed by atoms with van der Waals surface area (Å²) < 4.78 is 5.41. The number of hydrogen-bond donors (Lipinski definition) is 2. The molecule has 0 bridgehead atoms. The third-order valence-corrected chi connectivity index (χ3v) is 4.45. The second kappa shape index (κ2) is 5.76. The van der Waals surface area contributed by atoms with Crippen LogP contribution < -0.4 is 10.1 Å². The molecule has 7 heteroatoms. The molecule has 1 amide bonds. The fourth-order valence-electron chi connectivity index (χ4n) is 2.39. The lowest BCUT2D eigenvalue weighted by atomic mass is 10.0. The number of hydrogen-bond acceptors (Lipinski definition) is 5. The highest BCUT2D eigenvalue weighted by Gasteiger charge is 2.25. The first kappa shape index (κ1) is 14.5. The molecule has 6 nitrogen and oxygen atoms in total. The van der Waals surface area contributed by atoms with E-state index in [-0.39, 0.29) is 0 Å². The average molecular weight is 318 g/mol. The Morgan fingerprint density at radius 3 is 2.95 bits per heavy atom. The Balaban J connectivity index is 1.86. The number of benzene rings is 1. The summed E-state index contributed by atoms with van der Waals surface area (Å²) in [5.74, 6) is -0.754. The second-order valence-corrected chi connectivity index (χ2v) is 5.83. The van der Waals surface area contributed by atoms with Gasteiger partial charge in [0.25, 0.3) is 5.91 Å². The fourth-order valence-corrected chi connectivity index (χ4v) is 3.10. The molecule has 0 spiro atoms. The van der Waals surface area contributed by atoms with Crippen molar-refractivity contribution in [2.24, 2.45) is 0 Å². The van der Waals surface area contributed by atoms with E-state index in [2.05, 4.69) is 10.3 Å². The minimum absolute atomic E-state index is 0.427. The van der Waals surface area contributed by atoms with Crippen molar-refractivity contribution in [3.05, 3.63) is 45.4 Å². The normalized spacial score (nSPS) is 14.0. The topological polar surface area (TPSA) is 88.5 Å². The van der Waals surface area contributed by atoms with E-state index in [1.807, 2.05) is 0 Å². The molecule has 1 aromatic carbocycles. The largest absolute Gasteiger partial charge is 0.493 e. The third kappa shape index (κ3) is 2.67. The minimum atomic E-state index is -1.10. The van der Waals surface area contributed by atoms with Gasteiger partial charge in [-0.05, 0) is 30.2 Å². The molecule has 0 radical (unpaired) electrons. The number of thiazole rings is 1.